The summed E-state index contributed by atoms with van der Waals surface area (Å²) in [5.41, 5.74) is 4.34. The van der Waals surface area contributed by atoms with Gasteiger partial charge in [0, 0.05) is 17.3 Å². The fraction of sp³-hybridized carbons (Fsp3) is 0.190. The van der Waals surface area contributed by atoms with E-state index < -0.39 is 0 Å². The highest BCUT2D eigenvalue weighted by atomic mass is 16.5. The van der Waals surface area contributed by atoms with E-state index in [1.807, 2.05) is 55.5 Å². The van der Waals surface area contributed by atoms with E-state index in [2.05, 4.69) is 15.6 Å². The molecule has 1 aliphatic heterocycles. The molecule has 0 fully saturated rings. The number of methoxy groups -OCH3 is 1. The van der Waals surface area contributed by atoms with Gasteiger partial charge in [-0.05, 0) is 30.7 Å². The molecule has 0 unspecified atom stereocenters. The van der Waals surface area contributed by atoms with Crippen molar-refractivity contribution >= 4 is 17.5 Å². The lowest BCUT2D eigenvalue weighted by atomic mass is 10.1. The first-order chi connectivity index (χ1) is 13.1. The first-order valence-corrected chi connectivity index (χ1v) is 8.79. The Hall–Kier alpha value is -3.41. The van der Waals surface area contributed by atoms with Gasteiger partial charge in [0.05, 0.1) is 31.0 Å². The molecule has 2 aromatic carbocycles. The molecule has 136 valence electrons. The van der Waals surface area contributed by atoms with Gasteiger partial charge in [-0.2, -0.15) is 0 Å². The minimum atomic E-state index is -0.0599. The number of hydrogen-bond donors (Lipinski definition) is 2. The molecular weight excluding hydrogens is 340 g/mol. The zero-order valence-electron chi connectivity index (χ0n) is 15.2. The zero-order valence-corrected chi connectivity index (χ0v) is 15.2. The van der Waals surface area contributed by atoms with Crippen molar-refractivity contribution in [3.63, 3.8) is 0 Å². The Kier molecular flexibility index (Phi) is 4.46. The third-order valence-corrected chi connectivity index (χ3v) is 4.61. The van der Waals surface area contributed by atoms with E-state index in [0.29, 0.717) is 5.95 Å². The number of aromatic nitrogens is 2. The molecule has 6 heteroatoms. The summed E-state index contributed by atoms with van der Waals surface area (Å²) in [6.45, 7) is 2.04. The number of carbonyl (C=O) groups excluding carboxylic acids is 1. The number of fused-ring (bicyclic) bond motifs is 3. The van der Waals surface area contributed by atoms with Gasteiger partial charge < -0.3 is 15.4 Å². The molecule has 2 N–H and O–H groups in total. The standard InChI is InChI=1S/C21H20N4O2/c1-13(14-6-5-7-16(10-14)27-2)23-21-22-12-15-11-19(26)24-18-9-4-3-8-17(18)20(15)25-21/h3-10,12-13H,11H2,1-2H3,(H,24,26)(H,22,23,25)/t13-/m0/s1. The molecule has 0 saturated carbocycles. The average Bonchev–Trinajstić information content (AvgIpc) is 2.83. The molecule has 1 aromatic heterocycles. The lowest BCUT2D eigenvalue weighted by molar-refractivity contribution is -0.115. The van der Waals surface area contributed by atoms with E-state index >= 15 is 0 Å². The number of ether oxygens (including phenoxy) is 1. The van der Waals surface area contributed by atoms with Crippen molar-refractivity contribution in [3.05, 3.63) is 65.9 Å². The fourth-order valence-corrected chi connectivity index (χ4v) is 3.19. The van der Waals surface area contributed by atoms with Crippen LogP contribution < -0.4 is 15.4 Å². The molecule has 0 aliphatic carbocycles. The number of carbonyl (C=O) groups is 1. The minimum absolute atomic E-state index is 0.000992. The highest BCUT2D eigenvalue weighted by molar-refractivity contribution is 5.99. The number of nitrogens with zero attached hydrogens (tertiary/aromatic N) is 2. The van der Waals surface area contributed by atoms with Crippen LogP contribution in [0.25, 0.3) is 11.3 Å². The van der Waals surface area contributed by atoms with Gasteiger partial charge in [-0.15, -0.1) is 0 Å². The van der Waals surface area contributed by atoms with E-state index in [4.69, 9.17) is 9.72 Å². The predicted molar refractivity (Wildman–Crippen MR) is 105 cm³/mol. The molecule has 6 nitrogen and oxygen atoms in total. The van der Waals surface area contributed by atoms with Crippen LogP contribution in [0.3, 0.4) is 0 Å². The summed E-state index contributed by atoms with van der Waals surface area (Å²) >= 11 is 0. The van der Waals surface area contributed by atoms with Gasteiger partial charge in [-0.1, -0.05) is 30.3 Å². The Bertz CT molecular complexity index is 1000. The number of amides is 1. The Morgan fingerprint density at radius 2 is 2.04 bits per heavy atom. The van der Waals surface area contributed by atoms with Gasteiger partial charge in [0.25, 0.3) is 0 Å². The number of hydrogen-bond acceptors (Lipinski definition) is 5. The second-order valence-corrected chi connectivity index (χ2v) is 6.48. The molecule has 2 heterocycles. The van der Waals surface area contributed by atoms with Crippen LogP contribution in [0.15, 0.2) is 54.7 Å². The lowest BCUT2D eigenvalue weighted by Gasteiger charge is -2.16. The number of para-hydroxylation sites is 1. The molecule has 1 aliphatic rings. The molecule has 0 saturated heterocycles. The van der Waals surface area contributed by atoms with Crippen molar-refractivity contribution in [1.82, 2.24) is 9.97 Å². The van der Waals surface area contributed by atoms with Gasteiger partial charge >= 0.3 is 0 Å². The largest absolute Gasteiger partial charge is 0.497 e. The highest BCUT2D eigenvalue weighted by Crippen LogP contribution is 2.33. The van der Waals surface area contributed by atoms with E-state index in [9.17, 15) is 4.79 Å². The van der Waals surface area contributed by atoms with E-state index in [-0.39, 0.29) is 18.4 Å². The monoisotopic (exact) mass is 360 g/mol. The lowest BCUT2D eigenvalue weighted by Crippen LogP contribution is -2.13. The SMILES string of the molecule is COc1cccc([C@H](C)Nc2ncc3c(n2)-c2ccccc2NC(=O)C3)c1. The van der Waals surface area contributed by atoms with Crippen LogP contribution in [-0.4, -0.2) is 23.0 Å². The summed E-state index contributed by atoms with van der Waals surface area (Å²) in [4.78, 5) is 21.2. The maximum Gasteiger partial charge on any atom is 0.228 e. The summed E-state index contributed by atoms with van der Waals surface area (Å²) in [6, 6.07) is 15.6. The molecule has 4 rings (SSSR count). The Labute approximate surface area is 157 Å². The third-order valence-electron chi connectivity index (χ3n) is 4.61. The topological polar surface area (TPSA) is 76.1 Å². The Morgan fingerprint density at radius 3 is 2.89 bits per heavy atom. The third kappa shape index (κ3) is 3.46. The van der Waals surface area contributed by atoms with Crippen molar-refractivity contribution < 1.29 is 9.53 Å². The van der Waals surface area contributed by atoms with Crippen LogP contribution in [0.2, 0.25) is 0 Å². The van der Waals surface area contributed by atoms with Gasteiger partial charge in [0.15, 0.2) is 0 Å². The summed E-state index contributed by atoms with van der Waals surface area (Å²) < 4.78 is 5.29. The first-order valence-electron chi connectivity index (χ1n) is 8.79. The summed E-state index contributed by atoms with van der Waals surface area (Å²) in [5, 5.41) is 6.27. The van der Waals surface area contributed by atoms with Crippen molar-refractivity contribution in [3.8, 4) is 17.0 Å². The fourth-order valence-electron chi connectivity index (χ4n) is 3.19. The number of rotatable bonds is 4. The zero-order chi connectivity index (χ0) is 18.8. The molecule has 0 spiro atoms. The van der Waals surface area contributed by atoms with E-state index in [0.717, 1.165) is 33.8 Å². The average molecular weight is 360 g/mol. The normalized spacial score (nSPS) is 13.6. The molecule has 1 amide bonds. The molecule has 0 radical (unpaired) electrons. The second-order valence-electron chi connectivity index (χ2n) is 6.48. The van der Waals surface area contributed by atoms with Gasteiger partial charge in [-0.25, -0.2) is 9.97 Å². The van der Waals surface area contributed by atoms with Crippen LogP contribution in [0.5, 0.6) is 5.75 Å². The van der Waals surface area contributed by atoms with Crippen LogP contribution in [0.4, 0.5) is 11.6 Å². The van der Waals surface area contributed by atoms with Crippen LogP contribution in [0.1, 0.15) is 24.1 Å². The van der Waals surface area contributed by atoms with Crippen molar-refractivity contribution in [1.29, 1.82) is 0 Å². The molecule has 0 bridgehead atoms. The minimum Gasteiger partial charge on any atom is -0.497 e. The van der Waals surface area contributed by atoms with Gasteiger partial charge in [0.2, 0.25) is 11.9 Å². The maximum absolute atomic E-state index is 12.1. The number of anilines is 2. The Morgan fingerprint density at radius 1 is 1.19 bits per heavy atom. The van der Waals surface area contributed by atoms with E-state index in [1.54, 1.807) is 13.3 Å². The van der Waals surface area contributed by atoms with Crippen LogP contribution >= 0.6 is 0 Å². The van der Waals surface area contributed by atoms with Crippen molar-refractivity contribution in [2.45, 2.75) is 19.4 Å². The quantitative estimate of drug-likeness (QED) is 0.740. The van der Waals surface area contributed by atoms with Crippen molar-refractivity contribution in [2.75, 3.05) is 17.7 Å². The van der Waals surface area contributed by atoms with Gasteiger partial charge in [0.1, 0.15) is 5.75 Å². The maximum atomic E-state index is 12.1. The van der Waals surface area contributed by atoms with Crippen LogP contribution in [0, 0.1) is 0 Å². The number of benzene rings is 2. The Balaban J connectivity index is 1.67. The summed E-state index contributed by atoms with van der Waals surface area (Å²) in [5.74, 6) is 1.27. The summed E-state index contributed by atoms with van der Waals surface area (Å²) in [7, 11) is 1.65. The predicted octanol–water partition coefficient (Wildman–Crippen LogP) is 3.82. The van der Waals surface area contributed by atoms with E-state index in [1.165, 1.54) is 0 Å². The van der Waals surface area contributed by atoms with Crippen molar-refractivity contribution in [2.24, 2.45) is 0 Å². The second kappa shape index (κ2) is 7.07. The molecule has 27 heavy (non-hydrogen) atoms. The number of nitrogens with one attached hydrogen (secondary N) is 2. The van der Waals surface area contributed by atoms with Crippen LogP contribution in [-0.2, 0) is 11.2 Å². The van der Waals surface area contributed by atoms with Gasteiger partial charge in [-0.3, -0.25) is 4.79 Å². The smallest absolute Gasteiger partial charge is 0.228 e. The molecule has 3 aromatic rings. The molecule has 1 atom stereocenters. The first kappa shape index (κ1) is 17.0. The molecular formula is C21H20N4O2. The highest BCUT2D eigenvalue weighted by Gasteiger charge is 2.21. The summed E-state index contributed by atoms with van der Waals surface area (Å²) in [6.07, 6.45) is 1.99.